The van der Waals surface area contributed by atoms with Gasteiger partial charge in [0, 0.05) is 5.56 Å². The van der Waals surface area contributed by atoms with Crippen LogP contribution in [-0.4, -0.2) is 32.5 Å². The number of halogens is 1. The maximum absolute atomic E-state index is 13.9. The Morgan fingerprint density at radius 3 is 2.47 bits per heavy atom. The van der Waals surface area contributed by atoms with Crippen molar-refractivity contribution in [3.8, 4) is 17.2 Å². The second kappa shape index (κ2) is 9.92. The van der Waals surface area contributed by atoms with Crippen LogP contribution in [0.25, 0.3) is 11.5 Å². The number of nitrogens with zero attached hydrogens (tertiary/aromatic N) is 1. The molecule has 0 saturated heterocycles. The zero-order chi connectivity index (χ0) is 23.3. The third-order valence-electron chi connectivity index (χ3n) is 4.58. The van der Waals surface area contributed by atoms with Gasteiger partial charge in [-0.1, -0.05) is 26.0 Å². The van der Waals surface area contributed by atoms with Gasteiger partial charge in [-0.2, -0.15) is 4.72 Å². The minimum absolute atomic E-state index is 0.219. The zero-order valence-corrected chi connectivity index (χ0v) is 18.6. The van der Waals surface area contributed by atoms with E-state index in [1.165, 1.54) is 18.4 Å². The molecule has 170 valence electrons. The summed E-state index contributed by atoms with van der Waals surface area (Å²) in [6.45, 7) is 3.07. The average Bonchev–Trinajstić information content (AvgIpc) is 3.25. The van der Waals surface area contributed by atoms with Crippen molar-refractivity contribution >= 4 is 16.0 Å². The Morgan fingerprint density at radius 1 is 1.16 bits per heavy atom. The molecule has 0 unspecified atom stereocenters. The number of ether oxygens (including phenoxy) is 2. The normalized spacial score (nSPS) is 12.5. The summed E-state index contributed by atoms with van der Waals surface area (Å²) in [6, 6.07) is 10.8. The summed E-state index contributed by atoms with van der Waals surface area (Å²) in [5.74, 6) is -1.15. The van der Waals surface area contributed by atoms with E-state index in [9.17, 15) is 17.6 Å². The number of sulfonamides is 1. The van der Waals surface area contributed by atoms with Gasteiger partial charge >= 0.3 is 5.97 Å². The van der Waals surface area contributed by atoms with Gasteiger partial charge < -0.3 is 13.9 Å². The predicted octanol–water partition coefficient (Wildman–Crippen LogP) is 3.54. The molecule has 0 radical (unpaired) electrons. The van der Waals surface area contributed by atoms with Crippen LogP contribution in [0.3, 0.4) is 0 Å². The summed E-state index contributed by atoms with van der Waals surface area (Å²) < 4.78 is 57.1. The lowest BCUT2D eigenvalue weighted by atomic mass is 10.1. The van der Waals surface area contributed by atoms with Crippen molar-refractivity contribution in [2.45, 2.75) is 31.4 Å². The van der Waals surface area contributed by atoms with Crippen LogP contribution in [0.4, 0.5) is 4.39 Å². The Labute approximate surface area is 185 Å². The van der Waals surface area contributed by atoms with Crippen molar-refractivity contribution in [2.24, 2.45) is 5.92 Å². The number of methoxy groups -OCH3 is 1. The lowest BCUT2D eigenvalue weighted by Gasteiger charge is -2.20. The number of hydrogen-bond donors (Lipinski definition) is 1. The minimum atomic E-state index is -4.27. The first-order chi connectivity index (χ1) is 15.2. The van der Waals surface area contributed by atoms with Crippen molar-refractivity contribution in [1.82, 2.24) is 9.71 Å². The second-order valence-electron chi connectivity index (χ2n) is 7.25. The van der Waals surface area contributed by atoms with E-state index < -0.39 is 38.7 Å². The quantitative estimate of drug-likeness (QED) is 0.485. The van der Waals surface area contributed by atoms with Gasteiger partial charge in [-0.3, -0.25) is 4.79 Å². The lowest BCUT2D eigenvalue weighted by Crippen LogP contribution is -2.45. The molecule has 10 heteroatoms. The summed E-state index contributed by atoms with van der Waals surface area (Å²) in [5.41, 5.74) is 1.06. The number of esters is 1. The summed E-state index contributed by atoms with van der Waals surface area (Å²) in [6.07, 6.45) is 1.35. The molecular formula is C22H23FN2O6S. The summed E-state index contributed by atoms with van der Waals surface area (Å²) in [7, 11) is -2.71. The van der Waals surface area contributed by atoms with Crippen molar-refractivity contribution in [3.05, 3.63) is 66.3 Å². The Bertz CT molecular complexity index is 1180. The van der Waals surface area contributed by atoms with Gasteiger partial charge in [0.15, 0.2) is 0 Å². The van der Waals surface area contributed by atoms with E-state index in [4.69, 9.17) is 13.9 Å². The molecule has 0 aliphatic heterocycles. The van der Waals surface area contributed by atoms with Crippen molar-refractivity contribution in [2.75, 3.05) is 7.11 Å². The number of benzene rings is 2. The average molecular weight is 462 g/mol. The van der Waals surface area contributed by atoms with Crippen molar-refractivity contribution in [1.29, 1.82) is 0 Å². The van der Waals surface area contributed by atoms with Gasteiger partial charge in [0.2, 0.25) is 15.9 Å². The van der Waals surface area contributed by atoms with Gasteiger partial charge in [-0.15, -0.1) is 0 Å². The lowest BCUT2D eigenvalue weighted by molar-refractivity contribution is -0.148. The van der Waals surface area contributed by atoms with E-state index in [1.807, 2.05) is 0 Å². The predicted molar refractivity (Wildman–Crippen MR) is 114 cm³/mol. The summed E-state index contributed by atoms with van der Waals surface area (Å²) >= 11 is 0. The standard InChI is InChI=1S/C22H23FN2O6S/c1-14(2)20(25-32(27,28)19-7-5-4-6-18(19)23)22(26)31-13-16-12-30-21(24-16)15-8-10-17(29-3)11-9-15/h4-12,14,20,25H,13H2,1-3H3/t20-/m0/s1. The first-order valence-electron chi connectivity index (χ1n) is 9.73. The van der Waals surface area contributed by atoms with Crippen LogP contribution in [-0.2, 0) is 26.2 Å². The molecule has 2 aromatic carbocycles. The third-order valence-corrected chi connectivity index (χ3v) is 6.05. The Morgan fingerprint density at radius 2 is 1.84 bits per heavy atom. The van der Waals surface area contributed by atoms with E-state index in [1.54, 1.807) is 45.2 Å². The number of carbonyl (C=O) groups excluding carboxylic acids is 1. The molecular weight excluding hydrogens is 439 g/mol. The Hall–Kier alpha value is -3.24. The monoisotopic (exact) mass is 462 g/mol. The van der Waals surface area contributed by atoms with Crippen molar-refractivity contribution < 1.29 is 31.5 Å². The highest BCUT2D eigenvalue weighted by molar-refractivity contribution is 7.89. The topological polar surface area (TPSA) is 108 Å². The summed E-state index contributed by atoms with van der Waals surface area (Å²) in [4.78, 5) is 16.3. The van der Waals surface area contributed by atoms with E-state index in [0.717, 1.165) is 12.1 Å². The fourth-order valence-corrected chi connectivity index (χ4v) is 4.24. The molecule has 32 heavy (non-hydrogen) atoms. The molecule has 3 rings (SSSR count). The first kappa shape index (κ1) is 23.4. The maximum atomic E-state index is 13.9. The molecule has 0 fully saturated rings. The number of carbonyl (C=O) groups is 1. The highest BCUT2D eigenvalue weighted by Crippen LogP contribution is 2.22. The SMILES string of the molecule is COc1ccc(-c2nc(COC(=O)[C@@H](NS(=O)(=O)c3ccccc3F)C(C)C)co2)cc1. The van der Waals surface area contributed by atoms with E-state index >= 15 is 0 Å². The highest BCUT2D eigenvalue weighted by Gasteiger charge is 2.31. The molecule has 0 amide bonds. The first-order valence-corrected chi connectivity index (χ1v) is 11.2. The number of nitrogens with one attached hydrogen (secondary N) is 1. The number of rotatable bonds is 9. The minimum Gasteiger partial charge on any atom is -0.497 e. The fourth-order valence-electron chi connectivity index (χ4n) is 2.82. The molecule has 1 N–H and O–H groups in total. The largest absolute Gasteiger partial charge is 0.497 e. The van der Waals surface area contributed by atoms with Gasteiger partial charge in [0.05, 0.1) is 7.11 Å². The van der Waals surface area contributed by atoms with Gasteiger partial charge in [0.1, 0.15) is 41.1 Å². The van der Waals surface area contributed by atoms with Gasteiger partial charge in [-0.25, -0.2) is 17.8 Å². The third kappa shape index (κ3) is 5.51. The van der Waals surface area contributed by atoms with E-state index in [2.05, 4.69) is 9.71 Å². The van der Waals surface area contributed by atoms with Crippen LogP contribution in [0.5, 0.6) is 5.75 Å². The molecule has 0 bridgehead atoms. The number of oxazole rings is 1. The number of aromatic nitrogens is 1. The van der Waals surface area contributed by atoms with Crippen LogP contribution in [0.2, 0.25) is 0 Å². The summed E-state index contributed by atoms with van der Waals surface area (Å²) in [5, 5.41) is 0. The molecule has 0 aliphatic rings. The van der Waals surface area contributed by atoms with Crippen molar-refractivity contribution in [3.63, 3.8) is 0 Å². The van der Waals surface area contributed by atoms with Crippen LogP contribution < -0.4 is 9.46 Å². The molecule has 8 nitrogen and oxygen atoms in total. The molecule has 3 aromatic rings. The van der Waals surface area contributed by atoms with Crippen LogP contribution >= 0.6 is 0 Å². The maximum Gasteiger partial charge on any atom is 0.324 e. The molecule has 1 aromatic heterocycles. The zero-order valence-electron chi connectivity index (χ0n) is 17.7. The Balaban J connectivity index is 1.67. The second-order valence-corrected chi connectivity index (χ2v) is 8.94. The van der Waals surface area contributed by atoms with Crippen LogP contribution in [0, 0.1) is 11.7 Å². The van der Waals surface area contributed by atoms with Gasteiger partial charge in [0.25, 0.3) is 0 Å². The smallest absolute Gasteiger partial charge is 0.324 e. The molecule has 0 spiro atoms. The highest BCUT2D eigenvalue weighted by atomic mass is 32.2. The molecule has 0 saturated carbocycles. The Kier molecular flexibility index (Phi) is 7.26. The van der Waals surface area contributed by atoms with E-state index in [-0.39, 0.29) is 6.61 Å². The fraction of sp³-hybridized carbons (Fsp3) is 0.273. The molecule has 0 aliphatic carbocycles. The van der Waals surface area contributed by atoms with E-state index in [0.29, 0.717) is 22.9 Å². The number of hydrogen-bond acceptors (Lipinski definition) is 7. The van der Waals surface area contributed by atoms with Gasteiger partial charge in [-0.05, 0) is 42.3 Å². The van der Waals surface area contributed by atoms with Crippen LogP contribution in [0.15, 0.2) is 64.1 Å². The molecule has 1 atom stereocenters. The molecule has 1 heterocycles. The van der Waals surface area contributed by atoms with Crippen LogP contribution in [0.1, 0.15) is 19.5 Å².